The number of carboxylic acids is 1. The summed E-state index contributed by atoms with van der Waals surface area (Å²) in [4.78, 5) is 10.8. The molecule has 0 spiro atoms. The van der Waals surface area contributed by atoms with Crippen LogP contribution in [0.3, 0.4) is 0 Å². The first kappa shape index (κ1) is 26.5. The molecule has 0 aliphatic heterocycles. The predicted molar refractivity (Wildman–Crippen MR) is 143 cm³/mol. The van der Waals surface area contributed by atoms with Gasteiger partial charge in [-0.3, -0.25) is 4.31 Å². The summed E-state index contributed by atoms with van der Waals surface area (Å²) in [5.41, 5.74) is 5.51. The molecule has 37 heavy (non-hydrogen) atoms. The van der Waals surface area contributed by atoms with Crippen molar-refractivity contribution in [1.82, 2.24) is 0 Å². The van der Waals surface area contributed by atoms with E-state index in [9.17, 15) is 13.2 Å². The average molecular weight is 524 g/mol. The molecule has 196 valence electrons. The molecule has 0 amide bonds. The number of nitrogens with zero attached hydrogens (tertiary/aromatic N) is 1. The second-order valence-corrected chi connectivity index (χ2v) is 11.7. The summed E-state index contributed by atoms with van der Waals surface area (Å²) < 4.78 is 40.7. The van der Waals surface area contributed by atoms with E-state index in [2.05, 4.69) is 0 Å². The first-order valence-corrected chi connectivity index (χ1v) is 13.9. The van der Waals surface area contributed by atoms with E-state index in [1.54, 1.807) is 19.1 Å². The average Bonchev–Trinajstić information content (AvgIpc) is 3.48. The van der Waals surface area contributed by atoms with Crippen molar-refractivity contribution in [2.45, 2.75) is 58.7 Å². The van der Waals surface area contributed by atoms with Gasteiger partial charge >= 0.3 is 5.97 Å². The molecule has 8 heteroatoms. The number of hydrogen-bond donors (Lipinski definition) is 1. The molecule has 1 aliphatic carbocycles. The van der Waals surface area contributed by atoms with Gasteiger partial charge in [-0.25, -0.2) is 4.79 Å². The molecule has 1 heterocycles. The summed E-state index contributed by atoms with van der Waals surface area (Å²) in [6.07, 6.45) is 5.51. The summed E-state index contributed by atoms with van der Waals surface area (Å²) in [5.74, 6) is 0.119. The third-order valence-electron chi connectivity index (χ3n) is 6.40. The highest BCUT2D eigenvalue weighted by molar-refractivity contribution is 7.92. The van der Waals surface area contributed by atoms with Gasteiger partial charge in [0.05, 0.1) is 5.69 Å². The molecule has 1 aromatic heterocycles. The van der Waals surface area contributed by atoms with Crippen LogP contribution in [-0.4, -0.2) is 26.0 Å². The van der Waals surface area contributed by atoms with Crippen LogP contribution in [0.25, 0.3) is 6.08 Å². The van der Waals surface area contributed by atoms with Gasteiger partial charge in [0.15, 0.2) is 0 Å². The lowest BCUT2D eigenvalue weighted by molar-refractivity contribution is -0.131. The monoisotopic (exact) mass is 523 g/mol. The molecule has 0 fully saturated rings. The van der Waals surface area contributed by atoms with Gasteiger partial charge in [-0.15, -0.1) is 0 Å². The van der Waals surface area contributed by atoms with Crippen molar-refractivity contribution in [3.63, 3.8) is 0 Å². The van der Waals surface area contributed by atoms with Gasteiger partial charge in [-0.1, -0.05) is 32.0 Å². The largest absolute Gasteiger partial charge is 0.487 e. The maximum atomic E-state index is 13.7. The summed E-state index contributed by atoms with van der Waals surface area (Å²) in [6, 6.07) is 12.7. The van der Waals surface area contributed by atoms with Gasteiger partial charge in [0, 0.05) is 12.6 Å². The van der Waals surface area contributed by atoms with Crippen molar-refractivity contribution >= 4 is 27.8 Å². The Hall–Kier alpha value is -3.52. The zero-order valence-electron chi connectivity index (χ0n) is 21.7. The molecule has 1 N–H and O–H groups in total. The SMILES string of the molecule is Cc1ccc(S(=O)(=O)N(CC(C)C)c2cc3c(cc2OCc2ccc(/C=C/C(=O)O)cc2C)CCC3)o1. The molecular formula is C29H33NO6S. The second kappa shape index (κ2) is 10.8. The van der Waals surface area contributed by atoms with Gasteiger partial charge in [0.2, 0.25) is 5.09 Å². The minimum absolute atomic E-state index is 0.0700. The lowest BCUT2D eigenvalue weighted by Crippen LogP contribution is -2.34. The van der Waals surface area contributed by atoms with Crippen LogP contribution in [-0.2, 0) is 34.3 Å². The van der Waals surface area contributed by atoms with Gasteiger partial charge < -0.3 is 14.3 Å². The van der Waals surface area contributed by atoms with Crippen LogP contribution in [0.4, 0.5) is 5.69 Å². The van der Waals surface area contributed by atoms with Crippen molar-refractivity contribution in [3.05, 3.63) is 82.1 Å². The highest BCUT2D eigenvalue weighted by atomic mass is 32.2. The standard InChI is InChI=1S/C29H33NO6S/c1-19(2)17-30(37(33,34)29-13-8-21(4)36-29)26-15-23-6-5-7-24(23)16-27(26)35-18-25-11-9-22(14-20(25)3)10-12-28(31)32/h8-16,19H,5-7,17-18H2,1-4H3,(H,31,32)/b12-10+. The number of aryl methyl sites for hydroxylation is 4. The minimum Gasteiger partial charge on any atom is -0.487 e. The predicted octanol–water partition coefficient (Wildman–Crippen LogP) is 5.91. The van der Waals surface area contributed by atoms with Gasteiger partial charge in [0.25, 0.3) is 10.0 Å². The lowest BCUT2D eigenvalue weighted by Gasteiger charge is -2.28. The van der Waals surface area contributed by atoms with Crippen LogP contribution in [0, 0.1) is 19.8 Å². The first-order valence-electron chi connectivity index (χ1n) is 12.4. The molecule has 0 saturated carbocycles. The van der Waals surface area contributed by atoms with Crippen molar-refractivity contribution < 1.29 is 27.5 Å². The van der Waals surface area contributed by atoms with Crippen LogP contribution in [0.1, 0.15) is 53.8 Å². The van der Waals surface area contributed by atoms with Gasteiger partial charge in [-0.05, 0) is 97.2 Å². The van der Waals surface area contributed by atoms with Crippen molar-refractivity contribution in [1.29, 1.82) is 0 Å². The smallest absolute Gasteiger partial charge is 0.328 e. The van der Waals surface area contributed by atoms with Crippen LogP contribution >= 0.6 is 0 Å². The van der Waals surface area contributed by atoms with Gasteiger partial charge in [0.1, 0.15) is 18.1 Å². The Kier molecular flexibility index (Phi) is 7.78. The van der Waals surface area contributed by atoms with Crippen molar-refractivity contribution in [2.75, 3.05) is 10.8 Å². The number of aliphatic carboxylic acids is 1. The third-order valence-corrected chi connectivity index (χ3v) is 8.06. The van der Waals surface area contributed by atoms with E-state index in [1.165, 1.54) is 15.9 Å². The molecule has 3 aromatic rings. The number of carboxylic acid groups (broad SMARTS) is 1. The number of carbonyl (C=O) groups is 1. The Morgan fingerprint density at radius 3 is 2.46 bits per heavy atom. The number of hydrogen-bond acceptors (Lipinski definition) is 5. The molecule has 1 aliphatic rings. The number of sulfonamides is 1. The van der Waals surface area contributed by atoms with Crippen LogP contribution in [0.15, 0.2) is 58.1 Å². The molecular weight excluding hydrogens is 490 g/mol. The maximum absolute atomic E-state index is 13.7. The van der Waals surface area contributed by atoms with E-state index in [1.807, 2.05) is 51.1 Å². The summed E-state index contributed by atoms with van der Waals surface area (Å²) in [7, 11) is -3.95. The quantitative estimate of drug-likeness (QED) is 0.332. The minimum atomic E-state index is -3.95. The molecule has 0 bridgehead atoms. The Bertz CT molecular complexity index is 1430. The van der Waals surface area contributed by atoms with Crippen LogP contribution < -0.4 is 9.04 Å². The number of fused-ring (bicyclic) bond motifs is 1. The fraction of sp³-hybridized carbons (Fsp3) is 0.345. The molecule has 0 atom stereocenters. The molecule has 0 unspecified atom stereocenters. The van der Waals surface area contributed by atoms with E-state index in [0.717, 1.165) is 47.6 Å². The zero-order valence-corrected chi connectivity index (χ0v) is 22.5. The Morgan fingerprint density at radius 1 is 1.11 bits per heavy atom. The third kappa shape index (κ3) is 6.07. The highest BCUT2D eigenvalue weighted by Crippen LogP contribution is 2.39. The molecule has 4 rings (SSSR count). The van der Waals surface area contributed by atoms with E-state index in [4.69, 9.17) is 14.3 Å². The molecule has 7 nitrogen and oxygen atoms in total. The fourth-order valence-corrected chi connectivity index (χ4v) is 6.11. The fourth-order valence-electron chi connectivity index (χ4n) is 4.52. The van der Waals surface area contributed by atoms with E-state index in [-0.39, 0.29) is 24.2 Å². The number of anilines is 1. The van der Waals surface area contributed by atoms with Crippen LogP contribution in [0.5, 0.6) is 5.75 Å². The molecule has 0 saturated heterocycles. The van der Waals surface area contributed by atoms with E-state index >= 15 is 0 Å². The maximum Gasteiger partial charge on any atom is 0.328 e. The number of benzene rings is 2. The normalized spacial score (nSPS) is 13.3. The van der Waals surface area contributed by atoms with Gasteiger partial charge in [-0.2, -0.15) is 8.42 Å². The summed E-state index contributed by atoms with van der Waals surface area (Å²) in [5, 5.41) is 8.79. The number of furan rings is 1. The summed E-state index contributed by atoms with van der Waals surface area (Å²) >= 11 is 0. The Balaban J connectivity index is 1.70. The molecule has 0 radical (unpaired) electrons. The highest BCUT2D eigenvalue weighted by Gasteiger charge is 2.32. The molecule has 2 aromatic carbocycles. The topological polar surface area (TPSA) is 97.0 Å². The Morgan fingerprint density at radius 2 is 1.84 bits per heavy atom. The number of rotatable bonds is 10. The van der Waals surface area contributed by atoms with E-state index in [0.29, 0.717) is 17.2 Å². The Labute approximate surface area is 218 Å². The van der Waals surface area contributed by atoms with Crippen molar-refractivity contribution in [2.24, 2.45) is 5.92 Å². The number of ether oxygens (including phenoxy) is 1. The first-order chi connectivity index (χ1) is 17.5. The second-order valence-electron chi connectivity index (χ2n) is 9.88. The lowest BCUT2D eigenvalue weighted by atomic mass is 10.0. The van der Waals surface area contributed by atoms with E-state index < -0.39 is 16.0 Å². The zero-order chi connectivity index (χ0) is 26.7. The van der Waals surface area contributed by atoms with Crippen LogP contribution in [0.2, 0.25) is 0 Å². The van der Waals surface area contributed by atoms with Crippen molar-refractivity contribution in [3.8, 4) is 5.75 Å². The summed E-state index contributed by atoms with van der Waals surface area (Å²) in [6.45, 7) is 8.15.